The topological polar surface area (TPSA) is 82.9 Å². The number of hydrogen-bond acceptors (Lipinski definition) is 6. The maximum atomic E-state index is 12.9. The molecule has 0 spiro atoms. The summed E-state index contributed by atoms with van der Waals surface area (Å²) in [4.78, 5) is 34.2. The third-order valence-corrected chi connectivity index (χ3v) is 6.80. The first-order chi connectivity index (χ1) is 15.8. The minimum atomic E-state index is 0.120. The lowest BCUT2D eigenvalue weighted by Gasteiger charge is -2.35. The van der Waals surface area contributed by atoms with Crippen molar-refractivity contribution in [1.82, 2.24) is 29.4 Å². The maximum Gasteiger partial charge on any atom is 0.242 e. The van der Waals surface area contributed by atoms with Gasteiger partial charge in [-0.1, -0.05) is 12.1 Å². The largest absolute Gasteiger partial charge is 0.358 e. The van der Waals surface area contributed by atoms with E-state index in [1.54, 1.807) is 17.5 Å². The maximum absolute atomic E-state index is 12.9. The molecule has 1 aliphatic rings. The van der Waals surface area contributed by atoms with Crippen LogP contribution in [0.3, 0.4) is 0 Å². The van der Waals surface area contributed by atoms with Gasteiger partial charge in [0.25, 0.3) is 0 Å². The number of anilines is 1. The molecule has 160 valence electrons. The highest BCUT2D eigenvalue weighted by Crippen LogP contribution is 2.33. The van der Waals surface area contributed by atoms with Crippen LogP contribution >= 0.6 is 11.3 Å². The summed E-state index contributed by atoms with van der Waals surface area (Å²) in [5.41, 5.74) is 5.52. The molecule has 32 heavy (non-hydrogen) atoms. The SMILES string of the molecule is O=C(Cn1ccc2cccnc21)N1CCN(c2scnc2-c2nc3ccccc3[nH]2)CC1. The van der Waals surface area contributed by atoms with Crippen molar-refractivity contribution < 1.29 is 4.79 Å². The van der Waals surface area contributed by atoms with Crippen molar-refractivity contribution in [3.8, 4) is 11.5 Å². The van der Waals surface area contributed by atoms with Gasteiger partial charge in [0.1, 0.15) is 22.9 Å². The summed E-state index contributed by atoms with van der Waals surface area (Å²) in [5.74, 6) is 0.905. The molecule has 6 rings (SSSR count). The molecule has 1 amide bonds. The second-order valence-electron chi connectivity index (χ2n) is 7.84. The van der Waals surface area contributed by atoms with Crippen LogP contribution in [-0.4, -0.2) is 61.5 Å². The van der Waals surface area contributed by atoms with Gasteiger partial charge in [-0.15, -0.1) is 11.3 Å². The van der Waals surface area contributed by atoms with Gasteiger partial charge < -0.3 is 19.4 Å². The molecule has 1 aromatic carbocycles. The van der Waals surface area contributed by atoms with E-state index in [2.05, 4.69) is 19.9 Å². The van der Waals surface area contributed by atoms with Crippen LogP contribution in [0.15, 0.2) is 60.4 Å². The van der Waals surface area contributed by atoms with Gasteiger partial charge in [0.2, 0.25) is 5.91 Å². The number of nitrogens with zero attached hydrogens (tertiary/aromatic N) is 6. The van der Waals surface area contributed by atoms with E-state index in [0.29, 0.717) is 19.6 Å². The predicted molar refractivity (Wildman–Crippen MR) is 126 cm³/mol. The van der Waals surface area contributed by atoms with Crippen LogP contribution in [0.4, 0.5) is 5.00 Å². The zero-order valence-corrected chi connectivity index (χ0v) is 18.1. The summed E-state index contributed by atoms with van der Waals surface area (Å²) in [6.45, 7) is 3.22. The average Bonchev–Trinajstić information content (AvgIpc) is 3.57. The van der Waals surface area contributed by atoms with Crippen LogP contribution in [0.25, 0.3) is 33.6 Å². The highest BCUT2D eigenvalue weighted by molar-refractivity contribution is 7.14. The molecule has 5 heterocycles. The number of pyridine rings is 1. The van der Waals surface area contributed by atoms with Crippen molar-refractivity contribution in [3.63, 3.8) is 0 Å². The molecule has 4 aromatic heterocycles. The van der Waals surface area contributed by atoms with Gasteiger partial charge in [-0.3, -0.25) is 4.79 Å². The van der Waals surface area contributed by atoms with Gasteiger partial charge in [0.15, 0.2) is 5.82 Å². The minimum absolute atomic E-state index is 0.120. The van der Waals surface area contributed by atoms with Gasteiger partial charge in [0, 0.05) is 44.0 Å². The van der Waals surface area contributed by atoms with Crippen molar-refractivity contribution in [2.45, 2.75) is 6.54 Å². The number of para-hydroxylation sites is 2. The Labute approximate surface area is 188 Å². The zero-order chi connectivity index (χ0) is 21.5. The molecule has 0 bridgehead atoms. The quantitative estimate of drug-likeness (QED) is 0.460. The molecular formula is C23H21N7OS. The first-order valence-corrected chi connectivity index (χ1v) is 11.5. The van der Waals surface area contributed by atoms with E-state index in [4.69, 9.17) is 4.98 Å². The van der Waals surface area contributed by atoms with E-state index in [1.165, 1.54) is 0 Å². The molecule has 1 aliphatic heterocycles. The number of H-pyrrole nitrogens is 1. The number of benzene rings is 1. The standard InChI is InChI=1S/C23H21N7OS/c31-19(14-30-9-7-16-4-3-8-24-22(16)30)28-10-12-29(13-11-28)23-20(25-15-32-23)21-26-17-5-1-2-6-18(17)27-21/h1-9,15H,10-14H2,(H,26,27). The lowest BCUT2D eigenvalue weighted by Crippen LogP contribution is -2.49. The van der Waals surface area contributed by atoms with Crippen LogP contribution in [0, 0.1) is 0 Å². The van der Waals surface area contributed by atoms with E-state index in [1.807, 2.05) is 63.6 Å². The van der Waals surface area contributed by atoms with Crippen LogP contribution in [0.5, 0.6) is 0 Å². The fourth-order valence-electron chi connectivity index (χ4n) is 4.24. The second-order valence-corrected chi connectivity index (χ2v) is 8.67. The smallest absolute Gasteiger partial charge is 0.242 e. The van der Waals surface area contributed by atoms with E-state index in [-0.39, 0.29) is 5.91 Å². The van der Waals surface area contributed by atoms with E-state index in [9.17, 15) is 4.79 Å². The predicted octanol–water partition coefficient (Wildman–Crippen LogP) is 3.38. The number of imidazole rings is 1. The fourth-order valence-corrected chi connectivity index (χ4v) is 5.09. The first-order valence-electron chi connectivity index (χ1n) is 10.6. The Morgan fingerprint density at radius 2 is 1.91 bits per heavy atom. The van der Waals surface area contributed by atoms with Gasteiger partial charge in [-0.2, -0.15) is 0 Å². The van der Waals surface area contributed by atoms with Gasteiger partial charge in [-0.25, -0.2) is 15.0 Å². The van der Waals surface area contributed by atoms with E-state index >= 15 is 0 Å². The Bertz CT molecular complexity index is 1380. The monoisotopic (exact) mass is 443 g/mol. The molecule has 9 heteroatoms. The van der Waals surface area contributed by atoms with Crippen molar-refractivity contribution in [1.29, 1.82) is 0 Å². The van der Waals surface area contributed by atoms with Crippen LogP contribution in [0.2, 0.25) is 0 Å². The summed E-state index contributed by atoms with van der Waals surface area (Å²) in [7, 11) is 0. The molecule has 8 nitrogen and oxygen atoms in total. The third kappa shape index (κ3) is 3.31. The summed E-state index contributed by atoms with van der Waals surface area (Å²) < 4.78 is 1.92. The number of aromatic nitrogens is 5. The van der Waals surface area contributed by atoms with Gasteiger partial charge >= 0.3 is 0 Å². The number of amides is 1. The Kier molecular flexibility index (Phi) is 4.61. The highest BCUT2D eigenvalue weighted by Gasteiger charge is 2.25. The summed E-state index contributed by atoms with van der Waals surface area (Å²) >= 11 is 1.61. The number of hydrogen-bond donors (Lipinski definition) is 1. The number of carbonyl (C=O) groups excluding carboxylic acids is 1. The molecular weight excluding hydrogens is 422 g/mol. The second kappa shape index (κ2) is 7.76. The molecule has 0 atom stereocenters. The Balaban J connectivity index is 1.15. The van der Waals surface area contributed by atoms with Gasteiger partial charge in [-0.05, 0) is 30.3 Å². The first kappa shape index (κ1) is 19.0. The number of carbonyl (C=O) groups is 1. The summed E-state index contributed by atoms with van der Waals surface area (Å²) in [5, 5.41) is 2.14. The fraction of sp³-hybridized carbons (Fsp3) is 0.217. The Morgan fingerprint density at radius 1 is 1.03 bits per heavy atom. The molecule has 1 N–H and O–H groups in total. The number of piperazine rings is 1. The molecule has 0 radical (unpaired) electrons. The Morgan fingerprint density at radius 3 is 2.78 bits per heavy atom. The number of rotatable bonds is 4. The third-order valence-electron chi connectivity index (χ3n) is 5.91. The molecule has 0 aliphatic carbocycles. The molecule has 0 saturated carbocycles. The van der Waals surface area contributed by atoms with Crippen molar-refractivity contribution in [3.05, 3.63) is 60.4 Å². The molecule has 5 aromatic rings. The lowest BCUT2D eigenvalue weighted by atomic mass is 10.3. The van der Waals surface area contributed by atoms with Crippen LogP contribution in [-0.2, 0) is 11.3 Å². The van der Waals surface area contributed by atoms with Crippen molar-refractivity contribution in [2.75, 3.05) is 31.1 Å². The van der Waals surface area contributed by atoms with E-state index in [0.717, 1.165) is 51.7 Å². The van der Waals surface area contributed by atoms with Crippen LogP contribution < -0.4 is 4.90 Å². The van der Waals surface area contributed by atoms with E-state index < -0.39 is 0 Å². The summed E-state index contributed by atoms with van der Waals surface area (Å²) in [6.07, 6.45) is 3.69. The normalized spacial score (nSPS) is 14.5. The number of nitrogens with one attached hydrogen (secondary N) is 1. The number of aromatic amines is 1. The Hall–Kier alpha value is -3.72. The number of fused-ring (bicyclic) bond motifs is 2. The highest BCUT2D eigenvalue weighted by atomic mass is 32.1. The zero-order valence-electron chi connectivity index (χ0n) is 17.3. The molecule has 0 unspecified atom stereocenters. The molecule has 1 saturated heterocycles. The molecule has 1 fully saturated rings. The average molecular weight is 444 g/mol. The van der Waals surface area contributed by atoms with Crippen molar-refractivity contribution in [2.24, 2.45) is 0 Å². The van der Waals surface area contributed by atoms with Crippen molar-refractivity contribution >= 4 is 44.3 Å². The minimum Gasteiger partial charge on any atom is -0.358 e. The van der Waals surface area contributed by atoms with Gasteiger partial charge in [0.05, 0.1) is 16.5 Å². The summed E-state index contributed by atoms with van der Waals surface area (Å²) in [6, 6.07) is 13.9. The lowest BCUT2D eigenvalue weighted by molar-refractivity contribution is -0.132. The number of thiazole rings is 1. The van der Waals surface area contributed by atoms with Crippen LogP contribution in [0.1, 0.15) is 0 Å².